The number of furan rings is 1. The number of rotatable bonds is 4. The molecule has 0 amide bonds. The van der Waals surface area contributed by atoms with Gasteiger partial charge in [0.25, 0.3) is 0 Å². The number of hydrogen-bond acceptors (Lipinski definition) is 6. The number of anilines is 1. The minimum atomic E-state index is -1.13. The van der Waals surface area contributed by atoms with E-state index in [9.17, 15) is 4.79 Å². The van der Waals surface area contributed by atoms with Crippen molar-refractivity contribution in [1.29, 1.82) is 0 Å². The molecule has 0 aliphatic rings. The Balaban J connectivity index is 1.81. The lowest BCUT2D eigenvalue weighted by atomic mass is 10.3. The fourth-order valence-corrected chi connectivity index (χ4v) is 1.80. The zero-order chi connectivity index (χ0) is 13.9. The maximum Gasteiger partial charge on any atom is 0.358 e. The first-order valence-corrected chi connectivity index (χ1v) is 5.85. The van der Waals surface area contributed by atoms with Gasteiger partial charge in [-0.1, -0.05) is 0 Å². The van der Waals surface area contributed by atoms with Crippen LogP contribution in [0.25, 0.3) is 11.1 Å². The largest absolute Gasteiger partial charge is 0.476 e. The van der Waals surface area contributed by atoms with Gasteiger partial charge in [-0.15, -0.1) is 0 Å². The molecule has 0 aromatic carbocycles. The Morgan fingerprint density at radius 1 is 1.25 bits per heavy atom. The molecule has 100 valence electrons. The normalized spacial score (nSPS) is 10.6. The monoisotopic (exact) mass is 270 g/mol. The average molecular weight is 270 g/mol. The molecule has 0 aliphatic heterocycles. The molecule has 7 heteroatoms. The van der Waals surface area contributed by atoms with Crippen LogP contribution < -0.4 is 5.32 Å². The Labute approximate surface area is 113 Å². The minimum Gasteiger partial charge on any atom is -0.476 e. The zero-order valence-electron chi connectivity index (χ0n) is 10.3. The number of nitrogens with one attached hydrogen (secondary N) is 1. The smallest absolute Gasteiger partial charge is 0.358 e. The molecule has 0 atom stereocenters. The predicted octanol–water partition coefficient (Wildman–Crippen LogP) is 1.93. The number of pyridine rings is 1. The van der Waals surface area contributed by atoms with Crippen LogP contribution in [0.4, 0.5) is 5.82 Å². The number of aromatic nitrogens is 3. The van der Waals surface area contributed by atoms with Crippen molar-refractivity contribution in [2.75, 3.05) is 5.32 Å². The number of hydrogen-bond donors (Lipinski definition) is 2. The molecule has 0 saturated carbocycles. The van der Waals surface area contributed by atoms with E-state index in [-0.39, 0.29) is 11.5 Å². The molecule has 3 aromatic heterocycles. The Hall–Kier alpha value is -2.96. The highest BCUT2D eigenvalue weighted by atomic mass is 16.4. The van der Waals surface area contributed by atoms with E-state index in [1.807, 2.05) is 6.07 Å². The maximum atomic E-state index is 11.0. The number of nitrogens with zero attached hydrogens (tertiary/aromatic N) is 3. The van der Waals surface area contributed by atoms with E-state index in [1.54, 1.807) is 18.3 Å². The molecule has 0 spiro atoms. The van der Waals surface area contributed by atoms with Gasteiger partial charge in [-0.25, -0.2) is 14.8 Å². The number of fused-ring (bicyclic) bond motifs is 1. The molecule has 7 nitrogen and oxygen atoms in total. The number of carbonyl (C=O) groups is 1. The second kappa shape index (κ2) is 4.96. The topological polar surface area (TPSA) is 101 Å². The molecular formula is C13H10N4O3. The summed E-state index contributed by atoms with van der Waals surface area (Å²) in [6, 6.07) is 5.39. The van der Waals surface area contributed by atoms with Crippen LogP contribution in [0.15, 0.2) is 41.2 Å². The van der Waals surface area contributed by atoms with Crippen molar-refractivity contribution in [3.63, 3.8) is 0 Å². The third-order valence-electron chi connectivity index (χ3n) is 2.67. The van der Waals surface area contributed by atoms with E-state index in [1.165, 1.54) is 12.4 Å². The van der Waals surface area contributed by atoms with Crippen LogP contribution in [0.3, 0.4) is 0 Å². The molecule has 3 rings (SSSR count). The fraction of sp³-hybridized carbons (Fsp3) is 0.0769. The van der Waals surface area contributed by atoms with Gasteiger partial charge < -0.3 is 14.8 Å². The highest BCUT2D eigenvalue weighted by molar-refractivity contribution is 5.90. The molecule has 0 bridgehead atoms. The van der Waals surface area contributed by atoms with Crippen molar-refractivity contribution in [1.82, 2.24) is 15.0 Å². The van der Waals surface area contributed by atoms with Crippen LogP contribution in [-0.2, 0) is 6.54 Å². The van der Waals surface area contributed by atoms with Crippen molar-refractivity contribution in [2.24, 2.45) is 0 Å². The van der Waals surface area contributed by atoms with E-state index < -0.39 is 5.97 Å². The SMILES string of the molecule is O=C(O)c1nccnc1NCc1cc2ncccc2o1. The van der Waals surface area contributed by atoms with Gasteiger partial charge in [-0.3, -0.25) is 4.98 Å². The highest BCUT2D eigenvalue weighted by Gasteiger charge is 2.13. The lowest BCUT2D eigenvalue weighted by Crippen LogP contribution is -2.09. The van der Waals surface area contributed by atoms with Crippen LogP contribution in [0.1, 0.15) is 16.2 Å². The first-order chi connectivity index (χ1) is 9.74. The third kappa shape index (κ3) is 2.28. The van der Waals surface area contributed by atoms with Gasteiger partial charge in [0.2, 0.25) is 0 Å². The van der Waals surface area contributed by atoms with E-state index >= 15 is 0 Å². The molecule has 0 unspecified atom stereocenters. The van der Waals surface area contributed by atoms with Gasteiger partial charge in [0, 0.05) is 24.7 Å². The summed E-state index contributed by atoms with van der Waals surface area (Å²) in [6.45, 7) is 0.301. The number of carboxylic acid groups (broad SMARTS) is 1. The van der Waals surface area contributed by atoms with E-state index in [0.29, 0.717) is 17.9 Å². The van der Waals surface area contributed by atoms with Crippen molar-refractivity contribution in [3.05, 3.63) is 48.2 Å². The Bertz CT molecular complexity index is 736. The molecule has 3 aromatic rings. The Morgan fingerprint density at radius 3 is 2.90 bits per heavy atom. The predicted molar refractivity (Wildman–Crippen MR) is 70.3 cm³/mol. The highest BCUT2D eigenvalue weighted by Crippen LogP contribution is 2.18. The molecule has 0 radical (unpaired) electrons. The van der Waals surface area contributed by atoms with Gasteiger partial charge in [-0.2, -0.15) is 0 Å². The summed E-state index contributed by atoms with van der Waals surface area (Å²) in [4.78, 5) is 22.9. The number of aromatic carboxylic acids is 1. The average Bonchev–Trinajstić information content (AvgIpc) is 2.88. The lowest BCUT2D eigenvalue weighted by Gasteiger charge is -2.05. The van der Waals surface area contributed by atoms with E-state index in [0.717, 1.165) is 5.52 Å². The van der Waals surface area contributed by atoms with Crippen molar-refractivity contribution in [2.45, 2.75) is 6.54 Å². The van der Waals surface area contributed by atoms with Gasteiger partial charge in [-0.05, 0) is 12.1 Å². The number of carboxylic acids is 1. The summed E-state index contributed by atoms with van der Waals surface area (Å²) in [5, 5.41) is 11.9. The van der Waals surface area contributed by atoms with Crippen LogP contribution in [-0.4, -0.2) is 26.0 Å². The summed E-state index contributed by atoms with van der Waals surface area (Å²) in [5.74, 6) is -0.291. The lowest BCUT2D eigenvalue weighted by molar-refractivity contribution is 0.0691. The Morgan fingerprint density at radius 2 is 2.10 bits per heavy atom. The molecule has 0 aliphatic carbocycles. The summed E-state index contributed by atoms with van der Waals surface area (Å²) in [7, 11) is 0. The van der Waals surface area contributed by atoms with Gasteiger partial charge in [0.15, 0.2) is 17.1 Å². The fourth-order valence-electron chi connectivity index (χ4n) is 1.80. The van der Waals surface area contributed by atoms with Crippen LogP contribution >= 0.6 is 0 Å². The van der Waals surface area contributed by atoms with Gasteiger partial charge >= 0.3 is 5.97 Å². The molecule has 0 fully saturated rings. The quantitative estimate of drug-likeness (QED) is 0.746. The van der Waals surface area contributed by atoms with Gasteiger partial charge in [0.1, 0.15) is 11.3 Å². The molecule has 2 N–H and O–H groups in total. The molecular weight excluding hydrogens is 260 g/mol. The molecule has 0 saturated heterocycles. The van der Waals surface area contributed by atoms with Crippen LogP contribution in [0, 0.1) is 0 Å². The zero-order valence-corrected chi connectivity index (χ0v) is 10.3. The Kier molecular flexibility index (Phi) is 3.00. The molecule has 3 heterocycles. The standard InChI is InChI=1S/C13H10N4O3/c18-13(19)11-12(16-5-4-15-11)17-7-8-6-9-10(20-8)2-1-3-14-9/h1-6H,7H2,(H,16,17)(H,18,19). The van der Waals surface area contributed by atoms with Crippen molar-refractivity contribution in [3.8, 4) is 0 Å². The summed E-state index contributed by atoms with van der Waals surface area (Å²) < 4.78 is 5.57. The second-order valence-electron chi connectivity index (χ2n) is 4.01. The summed E-state index contributed by atoms with van der Waals surface area (Å²) in [6.07, 6.45) is 4.44. The van der Waals surface area contributed by atoms with Crippen molar-refractivity contribution >= 4 is 22.9 Å². The first-order valence-electron chi connectivity index (χ1n) is 5.85. The van der Waals surface area contributed by atoms with E-state index in [2.05, 4.69) is 20.3 Å². The maximum absolute atomic E-state index is 11.0. The minimum absolute atomic E-state index is 0.123. The summed E-state index contributed by atoms with van der Waals surface area (Å²) in [5.41, 5.74) is 1.31. The van der Waals surface area contributed by atoms with Crippen molar-refractivity contribution < 1.29 is 14.3 Å². The van der Waals surface area contributed by atoms with Crippen LogP contribution in [0.2, 0.25) is 0 Å². The van der Waals surface area contributed by atoms with Crippen LogP contribution in [0.5, 0.6) is 0 Å². The van der Waals surface area contributed by atoms with Gasteiger partial charge in [0.05, 0.1) is 6.54 Å². The molecule has 20 heavy (non-hydrogen) atoms. The van der Waals surface area contributed by atoms with E-state index in [4.69, 9.17) is 9.52 Å². The summed E-state index contributed by atoms with van der Waals surface area (Å²) >= 11 is 0. The third-order valence-corrected chi connectivity index (χ3v) is 2.67. The second-order valence-corrected chi connectivity index (χ2v) is 4.01. The first kappa shape index (κ1) is 12.1.